The van der Waals surface area contributed by atoms with Crippen LogP contribution in [0.4, 0.5) is 11.8 Å². The number of nitrogens with zero attached hydrogens (tertiary/aromatic N) is 2. The van der Waals surface area contributed by atoms with Gasteiger partial charge in [0.1, 0.15) is 5.82 Å². The van der Waals surface area contributed by atoms with E-state index in [-0.39, 0.29) is 0 Å². The Hall–Kier alpha value is -1.52. The summed E-state index contributed by atoms with van der Waals surface area (Å²) in [6.45, 7) is 5.90. The Morgan fingerprint density at radius 1 is 1.14 bits per heavy atom. The van der Waals surface area contributed by atoms with Crippen molar-refractivity contribution in [3.63, 3.8) is 0 Å². The number of nitrogens with one attached hydrogen (secondary N) is 2. The van der Waals surface area contributed by atoms with Crippen molar-refractivity contribution in [1.82, 2.24) is 9.97 Å². The minimum absolute atomic E-state index is 0.568. The maximum atomic E-state index is 6.15. The molecule has 4 nitrogen and oxygen atoms in total. The van der Waals surface area contributed by atoms with Crippen molar-refractivity contribution in [2.45, 2.75) is 20.3 Å². The van der Waals surface area contributed by atoms with Crippen LogP contribution in [0.15, 0.2) is 30.5 Å². The summed E-state index contributed by atoms with van der Waals surface area (Å²) in [6, 6.07) is 7.40. The van der Waals surface area contributed by atoms with E-state index in [1.807, 2.05) is 18.2 Å². The Morgan fingerprint density at radius 2 is 1.95 bits per heavy atom. The van der Waals surface area contributed by atoms with Gasteiger partial charge in [0.15, 0.2) is 0 Å². The largest absolute Gasteiger partial charge is 0.370 e. The van der Waals surface area contributed by atoms with E-state index in [4.69, 9.17) is 23.2 Å². The van der Waals surface area contributed by atoms with Gasteiger partial charge in [-0.15, -0.1) is 0 Å². The molecule has 0 aliphatic rings. The van der Waals surface area contributed by atoms with Gasteiger partial charge in [-0.2, -0.15) is 4.98 Å². The number of benzene rings is 1. The Balaban J connectivity index is 1.87. The van der Waals surface area contributed by atoms with Crippen LogP contribution in [0.25, 0.3) is 0 Å². The van der Waals surface area contributed by atoms with E-state index >= 15 is 0 Å². The SMILES string of the molecule is CC(C)CNc1ccnc(NCCc2ccc(Cl)cc2Cl)n1. The van der Waals surface area contributed by atoms with Crippen LogP contribution in [0.1, 0.15) is 19.4 Å². The third kappa shape index (κ3) is 5.35. The number of anilines is 2. The molecule has 0 radical (unpaired) electrons. The maximum Gasteiger partial charge on any atom is 0.224 e. The van der Waals surface area contributed by atoms with Gasteiger partial charge >= 0.3 is 0 Å². The highest BCUT2D eigenvalue weighted by atomic mass is 35.5. The van der Waals surface area contributed by atoms with E-state index in [0.717, 1.165) is 24.3 Å². The fourth-order valence-electron chi connectivity index (χ4n) is 1.88. The van der Waals surface area contributed by atoms with Gasteiger partial charge in [-0.05, 0) is 36.1 Å². The molecule has 0 amide bonds. The van der Waals surface area contributed by atoms with Crippen molar-refractivity contribution in [2.75, 3.05) is 23.7 Å². The highest BCUT2D eigenvalue weighted by Gasteiger charge is 2.03. The lowest BCUT2D eigenvalue weighted by atomic mass is 10.1. The van der Waals surface area contributed by atoms with Crippen molar-refractivity contribution in [3.8, 4) is 0 Å². The second-order valence-corrected chi connectivity index (χ2v) is 6.30. The Morgan fingerprint density at radius 3 is 2.68 bits per heavy atom. The molecular weight excluding hydrogens is 319 g/mol. The van der Waals surface area contributed by atoms with Crippen molar-refractivity contribution >= 4 is 35.0 Å². The van der Waals surface area contributed by atoms with Gasteiger partial charge in [-0.3, -0.25) is 0 Å². The second kappa shape index (κ2) is 8.20. The van der Waals surface area contributed by atoms with Crippen LogP contribution in [0.5, 0.6) is 0 Å². The Kier molecular flexibility index (Phi) is 6.28. The van der Waals surface area contributed by atoms with Crippen LogP contribution in [-0.4, -0.2) is 23.1 Å². The lowest BCUT2D eigenvalue weighted by Gasteiger charge is -2.10. The number of aromatic nitrogens is 2. The molecular formula is C16H20Cl2N4. The molecule has 22 heavy (non-hydrogen) atoms. The molecule has 0 saturated carbocycles. The molecule has 0 spiro atoms. The highest BCUT2D eigenvalue weighted by Crippen LogP contribution is 2.21. The van der Waals surface area contributed by atoms with Gasteiger partial charge in [0.05, 0.1) is 0 Å². The molecule has 118 valence electrons. The highest BCUT2D eigenvalue weighted by molar-refractivity contribution is 6.35. The first-order valence-corrected chi connectivity index (χ1v) is 8.05. The molecule has 2 aromatic rings. The minimum Gasteiger partial charge on any atom is -0.370 e. The Bertz CT molecular complexity index is 617. The molecule has 1 aromatic carbocycles. The van der Waals surface area contributed by atoms with Crippen molar-refractivity contribution in [1.29, 1.82) is 0 Å². The van der Waals surface area contributed by atoms with Crippen LogP contribution in [0, 0.1) is 5.92 Å². The molecule has 0 atom stereocenters. The van der Waals surface area contributed by atoms with Crippen molar-refractivity contribution in [3.05, 3.63) is 46.1 Å². The zero-order chi connectivity index (χ0) is 15.9. The summed E-state index contributed by atoms with van der Waals surface area (Å²) in [5.74, 6) is 2.01. The summed E-state index contributed by atoms with van der Waals surface area (Å²) < 4.78 is 0. The zero-order valence-corrected chi connectivity index (χ0v) is 14.2. The summed E-state index contributed by atoms with van der Waals surface area (Å²) in [5.41, 5.74) is 1.05. The third-order valence-corrected chi connectivity index (χ3v) is 3.63. The molecule has 2 rings (SSSR count). The molecule has 0 aliphatic carbocycles. The van der Waals surface area contributed by atoms with Crippen molar-refractivity contribution < 1.29 is 0 Å². The fourth-order valence-corrected chi connectivity index (χ4v) is 2.39. The van der Waals surface area contributed by atoms with E-state index in [2.05, 4.69) is 34.4 Å². The zero-order valence-electron chi connectivity index (χ0n) is 12.7. The van der Waals surface area contributed by atoms with E-state index in [1.54, 1.807) is 12.3 Å². The average molecular weight is 339 g/mol. The first-order chi connectivity index (χ1) is 10.5. The predicted octanol–water partition coefficient (Wildman–Crippen LogP) is 4.51. The topological polar surface area (TPSA) is 49.8 Å². The van der Waals surface area contributed by atoms with Gasteiger partial charge < -0.3 is 10.6 Å². The molecule has 0 saturated heterocycles. The third-order valence-electron chi connectivity index (χ3n) is 3.04. The van der Waals surface area contributed by atoms with E-state index < -0.39 is 0 Å². The summed E-state index contributed by atoms with van der Waals surface area (Å²) in [7, 11) is 0. The number of hydrogen-bond donors (Lipinski definition) is 2. The maximum absolute atomic E-state index is 6.15. The van der Waals surface area contributed by atoms with Gasteiger partial charge in [-0.25, -0.2) is 4.98 Å². The number of hydrogen-bond acceptors (Lipinski definition) is 4. The van der Waals surface area contributed by atoms with Crippen LogP contribution in [-0.2, 0) is 6.42 Å². The molecule has 0 bridgehead atoms. The van der Waals surface area contributed by atoms with E-state index in [9.17, 15) is 0 Å². The van der Waals surface area contributed by atoms with Crippen LogP contribution in [0.3, 0.4) is 0 Å². The fraction of sp³-hybridized carbons (Fsp3) is 0.375. The molecule has 2 N–H and O–H groups in total. The van der Waals surface area contributed by atoms with Gasteiger partial charge in [0.2, 0.25) is 5.95 Å². The van der Waals surface area contributed by atoms with Crippen molar-refractivity contribution in [2.24, 2.45) is 5.92 Å². The van der Waals surface area contributed by atoms with Crippen LogP contribution < -0.4 is 10.6 Å². The van der Waals surface area contributed by atoms with E-state index in [0.29, 0.717) is 28.5 Å². The summed E-state index contributed by atoms with van der Waals surface area (Å²) in [4.78, 5) is 8.64. The summed E-state index contributed by atoms with van der Waals surface area (Å²) >= 11 is 12.0. The minimum atomic E-state index is 0.568. The molecule has 6 heteroatoms. The average Bonchev–Trinajstić information content (AvgIpc) is 2.48. The van der Waals surface area contributed by atoms with Crippen LogP contribution >= 0.6 is 23.2 Å². The predicted molar refractivity (Wildman–Crippen MR) is 94.0 cm³/mol. The molecule has 0 unspecified atom stereocenters. The quantitative estimate of drug-likeness (QED) is 0.779. The first-order valence-electron chi connectivity index (χ1n) is 7.29. The summed E-state index contributed by atoms with van der Waals surface area (Å²) in [5, 5.41) is 7.82. The lowest BCUT2D eigenvalue weighted by molar-refractivity contribution is 0.687. The number of halogens is 2. The van der Waals surface area contributed by atoms with Gasteiger partial charge in [-0.1, -0.05) is 43.1 Å². The molecule has 0 fully saturated rings. The van der Waals surface area contributed by atoms with Gasteiger partial charge in [0.25, 0.3) is 0 Å². The monoisotopic (exact) mass is 338 g/mol. The second-order valence-electron chi connectivity index (χ2n) is 5.45. The number of rotatable bonds is 7. The lowest BCUT2D eigenvalue weighted by Crippen LogP contribution is -2.12. The van der Waals surface area contributed by atoms with Gasteiger partial charge in [0, 0.05) is 29.3 Å². The molecule has 0 aliphatic heterocycles. The molecule has 1 aromatic heterocycles. The Labute approximate surface area is 141 Å². The van der Waals surface area contributed by atoms with Crippen LogP contribution in [0.2, 0.25) is 10.0 Å². The summed E-state index contributed by atoms with van der Waals surface area (Å²) in [6.07, 6.45) is 2.52. The molecule has 1 heterocycles. The first kappa shape index (κ1) is 16.8. The normalized spacial score (nSPS) is 10.8. The standard InChI is InChI=1S/C16H20Cl2N4/c1-11(2)10-21-15-6-8-20-16(22-15)19-7-5-12-3-4-13(17)9-14(12)18/h3-4,6,8-9,11H,5,7,10H2,1-2H3,(H2,19,20,21,22). The smallest absolute Gasteiger partial charge is 0.224 e. The van der Waals surface area contributed by atoms with E-state index in [1.165, 1.54) is 0 Å².